The Bertz CT molecular complexity index is 264. The number of hydrogen-bond acceptors (Lipinski definition) is 3. The number of aliphatic hydroxyl groups excluding tert-OH is 1. The zero-order valence-electron chi connectivity index (χ0n) is 10.8. The smallest absolute Gasteiger partial charge is 0.236 e. The van der Waals surface area contributed by atoms with Gasteiger partial charge in [-0.15, -0.1) is 0 Å². The molecule has 2 aliphatic rings. The standard InChI is InChI=1S/C13H24N2O2/c1-11-5-4-6-12(10-16)15(11)9-13(17)14-7-2-3-8-14/h11-12,16H,2-10H2,1H3. The first-order chi connectivity index (χ1) is 8.22. The zero-order chi connectivity index (χ0) is 12.3. The summed E-state index contributed by atoms with van der Waals surface area (Å²) in [5.74, 6) is 0.245. The minimum atomic E-state index is 0.178. The minimum Gasteiger partial charge on any atom is -0.395 e. The summed E-state index contributed by atoms with van der Waals surface area (Å²) < 4.78 is 0. The van der Waals surface area contributed by atoms with Crippen LogP contribution in [0.4, 0.5) is 0 Å². The van der Waals surface area contributed by atoms with Crippen molar-refractivity contribution < 1.29 is 9.90 Å². The molecule has 2 saturated heterocycles. The number of amides is 1. The maximum Gasteiger partial charge on any atom is 0.236 e. The molecule has 2 rings (SSSR count). The lowest BCUT2D eigenvalue weighted by atomic mass is 9.97. The van der Waals surface area contributed by atoms with Crippen LogP contribution in [0.2, 0.25) is 0 Å². The second kappa shape index (κ2) is 5.83. The number of likely N-dealkylation sites (tertiary alicyclic amines) is 2. The van der Waals surface area contributed by atoms with Gasteiger partial charge in [-0.3, -0.25) is 9.69 Å². The Kier molecular flexibility index (Phi) is 4.40. The molecule has 0 aromatic rings. The fourth-order valence-corrected chi connectivity index (χ4v) is 3.04. The molecule has 2 atom stereocenters. The third-order valence-electron chi connectivity index (χ3n) is 4.18. The van der Waals surface area contributed by atoms with E-state index in [4.69, 9.17) is 0 Å². The SMILES string of the molecule is CC1CCCC(CO)N1CC(=O)N1CCCC1. The average molecular weight is 240 g/mol. The van der Waals surface area contributed by atoms with Crippen LogP contribution in [0.15, 0.2) is 0 Å². The molecular weight excluding hydrogens is 216 g/mol. The molecule has 0 saturated carbocycles. The highest BCUT2D eigenvalue weighted by molar-refractivity contribution is 5.78. The molecule has 2 fully saturated rings. The summed E-state index contributed by atoms with van der Waals surface area (Å²) in [5.41, 5.74) is 0. The van der Waals surface area contributed by atoms with Crippen molar-refractivity contribution in [3.05, 3.63) is 0 Å². The molecule has 2 unspecified atom stereocenters. The van der Waals surface area contributed by atoms with Gasteiger partial charge in [-0.25, -0.2) is 0 Å². The maximum absolute atomic E-state index is 12.1. The van der Waals surface area contributed by atoms with Crippen LogP contribution in [0.25, 0.3) is 0 Å². The van der Waals surface area contributed by atoms with Crippen molar-refractivity contribution >= 4 is 5.91 Å². The Hall–Kier alpha value is -0.610. The second-order valence-corrected chi connectivity index (χ2v) is 5.38. The first-order valence-electron chi connectivity index (χ1n) is 6.86. The fraction of sp³-hybridized carbons (Fsp3) is 0.923. The van der Waals surface area contributed by atoms with Gasteiger partial charge in [0.1, 0.15) is 0 Å². The van der Waals surface area contributed by atoms with Gasteiger partial charge in [0.15, 0.2) is 0 Å². The molecule has 1 amide bonds. The van der Waals surface area contributed by atoms with Crippen LogP contribution in [-0.2, 0) is 4.79 Å². The van der Waals surface area contributed by atoms with Crippen LogP contribution in [0.5, 0.6) is 0 Å². The molecule has 0 aliphatic carbocycles. The predicted octanol–water partition coefficient (Wildman–Crippen LogP) is 0.844. The molecule has 0 aromatic carbocycles. The Morgan fingerprint density at radius 2 is 1.94 bits per heavy atom. The van der Waals surface area contributed by atoms with Crippen molar-refractivity contribution in [2.45, 2.75) is 51.1 Å². The summed E-state index contributed by atoms with van der Waals surface area (Å²) >= 11 is 0. The highest BCUT2D eigenvalue weighted by Crippen LogP contribution is 2.22. The number of carbonyl (C=O) groups is 1. The zero-order valence-corrected chi connectivity index (χ0v) is 10.8. The maximum atomic E-state index is 12.1. The number of piperidine rings is 1. The van der Waals surface area contributed by atoms with E-state index in [9.17, 15) is 9.90 Å². The summed E-state index contributed by atoms with van der Waals surface area (Å²) in [5, 5.41) is 9.39. The van der Waals surface area contributed by atoms with E-state index in [0.717, 1.165) is 38.8 Å². The van der Waals surface area contributed by atoms with E-state index in [2.05, 4.69) is 11.8 Å². The summed E-state index contributed by atoms with van der Waals surface area (Å²) in [6.07, 6.45) is 5.62. The number of aliphatic hydroxyl groups is 1. The molecule has 2 aliphatic heterocycles. The van der Waals surface area contributed by atoms with Gasteiger partial charge in [0.25, 0.3) is 0 Å². The van der Waals surface area contributed by atoms with Crippen LogP contribution in [0.1, 0.15) is 39.0 Å². The van der Waals surface area contributed by atoms with E-state index in [-0.39, 0.29) is 18.6 Å². The van der Waals surface area contributed by atoms with Gasteiger partial charge < -0.3 is 10.0 Å². The van der Waals surface area contributed by atoms with Gasteiger partial charge in [-0.2, -0.15) is 0 Å². The fourth-order valence-electron chi connectivity index (χ4n) is 3.04. The molecule has 2 heterocycles. The summed E-state index contributed by atoms with van der Waals surface area (Å²) in [4.78, 5) is 16.3. The monoisotopic (exact) mass is 240 g/mol. The van der Waals surface area contributed by atoms with Gasteiger partial charge in [0.05, 0.1) is 13.2 Å². The van der Waals surface area contributed by atoms with Gasteiger partial charge in [0, 0.05) is 25.2 Å². The normalized spacial score (nSPS) is 30.8. The van der Waals surface area contributed by atoms with E-state index in [1.54, 1.807) is 0 Å². The largest absolute Gasteiger partial charge is 0.395 e. The van der Waals surface area contributed by atoms with E-state index >= 15 is 0 Å². The minimum absolute atomic E-state index is 0.178. The number of nitrogens with zero attached hydrogens (tertiary/aromatic N) is 2. The summed E-state index contributed by atoms with van der Waals surface area (Å²) in [6.45, 7) is 4.68. The van der Waals surface area contributed by atoms with Crippen LogP contribution in [-0.4, -0.2) is 59.1 Å². The van der Waals surface area contributed by atoms with E-state index in [1.807, 2.05) is 4.90 Å². The van der Waals surface area contributed by atoms with Crippen LogP contribution >= 0.6 is 0 Å². The van der Waals surface area contributed by atoms with Crippen molar-refractivity contribution in [2.75, 3.05) is 26.2 Å². The van der Waals surface area contributed by atoms with Crippen molar-refractivity contribution in [2.24, 2.45) is 0 Å². The number of rotatable bonds is 3. The van der Waals surface area contributed by atoms with Crippen molar-refractivity contribution in [1.82, 2.24) is 9.80 Å². The lowest BCUT2D eigenvalue weighted by Crippen LogP contribution is -2.51. The quantitative estimate of drug-likeness (QED) is 0.795. The van der Waals surface area contributed by atoms with E-state index in [1.165, 1.54) is 6.42 Å². The van der Waals surface area contributed by atoms with Crippen molar-refractivity contribution in [3.63, 3.8) is 0 Å². The molecule has 1 N–H and O–H groups in total. The van der Waals surface area contributed by atoms with Gasteiger partial charge in [0.2, 0.25) is 5.91 Å². The lowest BCUT2D eigenvalue weighted by Gasteiger charge is -2.40. The Balaban J connectivity index is 1.92. The van der Waals surface area contributed by atoms with Crippen molar-refractivity contribution in [1.29, 1.82) is 0 Å². The van der Waals surface area contributed by atoms with Gasteiger partial charge in [-0.05, 0) is 32.6 Å². The Labute approximate surface area is 104 Å². The van der Waals surface area contributed by atoms with Crippen LogP contribution < -0.4 is 0 Å². The molecule has 4 heteroatoms. The lowest BCUT2D eigenvalue weighted by molar-refractivity contribution is -0.133. The third-order valence-corrected chi connectivity index (χ3v) is 4.18. The van der Waals surface area contributed by atoms with E-state index in [0.29, 0.717) is 12.6 Å². The number of carbonyl (C=O) groups excluding carboxylic acids is 1. The molecular formula is C13H24N2O2. The predicted molar refractivity (Wildman–Crippen MR) is 66.7 cm³/mol. The molecule has 17 heavy (non-hydrogen) atoms. The van der Waals surface area contributed by atoms with Gasteiger partial charge >= 0.3 is 0 Å². The Morgan fingerprint density at radius 3 is 2.59 bits per heavy atom. The van der Waals surface area contributed by atoms with Gasteiger partial charge in [-0.1, -0.05) is 6.42 Å². The molecule has 0 aromatic heterocycles. The van der Waals surface area contributed by atoms with Crippen LogP contribution in [0, 0.1) is 0 Å². The highest BCUT2D eigenvalue weighted by atomic mass is 16.3. The molecule has 0 radical (unpaired) electrons. The highest BCUT2D eigenvalue weighted by Gasteiger charge is 2.30. The molecule has 0 bridgehead atoms. The summed E-state index contributed by atoms with van der Waals surface area (Å²) in [6, 6.07) is 0.609. The van der Waals surface area contributed by atoms with Crippen molar-refractivity contribution in [3.8, 4) is 0 Å². The average Bonchev–Trinajstić information content (AvgIpc) is 2.85. The Morgan fingerprint density at radius 1 is 1.24 bits per heavy atom. The molecule has 98 valence electrons. The topological polar surface area (TPSA) is 43.8 Å². The molecule has 4 nitrogen and oxygen atoms in total. The van der Waals surface area contributed by atoms with E-state index < -0.39 is 0 Å². The summed E-state index contributed by atoms with van der Waals surface area (Å²) in [7, 11) is 0. The first kappa shape index (κ1) is 12.8. The second-order valence-electron chi connectivity index (χ2n) is 5.38. The number of hydrogen-bond donors (Lipinski definition) is 1. The molecule has 0 spiro atoms. The third kappa shape index (κ3) is 2.99. The first-order valence-corrected chi connectivity index (χ1v) is 6.86. The van der Waals surface area contributed by atoms with Crippen LogP contribution in [0.3, 0.4) is 0 Å².